The number of nitrogens with zero attached hydrogens (tertiary/aromatic N) is 5. The van der Waals surface area contributed by atoms with Crippen molar-refractivity contribution in [3.8, 4) is 0 Å². The molecule has 1 unspecified atom stereocenters. The lowest BCUT2D eigenvalue weighted by molar-refractivity contribution is -0.385. The number of rotatable bonds is 3. The quantitative estimate of drug-likeness (QED) is 0.657. The number of hydrogen-bond donors (Lipinski definition) is 1. The average molecular weight is 292 g/mol. The molecule has 114 valence electrons. The van der Waals surface area contributed by atoms with Crippen molar-refractivity contribution in [2.24, 2.45) is 0 Å². The molecule has 8 heteroatoms. The maximum atomic E-state index is 11.4. The average Bonchev–Trinajstić information content (AvgIpc) is 2.93. The molecule has 2 aliphatic heterocycles. The number of piperazine rings is 1. The molecule has 0 aromatic carbocycles. The third-order valence-corrected chi connectivity index (χ3v) is 4.33. The van der Waals surface area contributed by atoms with Gasteiger partial charge in [0.1, 0.15) is 5.69 Å². The minimum atomic E-state index is -0.370. The molecule has 2 aliphatic rings. The monoisotopic (exact) mass is 292 g/mol. The van der Waals surface area contributed by atoms with E-state index >= 15 is 0 Å². The fourth-order valence-electron chi connectivity index (χ4n) is 3.28. The second-order valence-corrected chi connectivity index (χ2v) is 5.59. The maximum Gasteiger partial charge on any atom is 0.332 e. The normalized spacial score (nSPS) is 22.2. The van der Waals surface area contributed by atoms with E-state index in [0.29, 0.717) is 23.5 Å². The van der Waals surface area contributed by atoms with Crippen molar-refractivity contribution >= 4 is 17.5 Å². The van der Waals surface area contributed by atoms with E-state index in [9.17, 15) is 10.1 Å². The van der Waals surface area contributed by atoms with E-state index in [1.54, 1.807) is 14.0 Å². The van der Waals surface area contributed by atoms with Crippen molar-refractivity contribution in [1.82, 2.24) is 14.9 Å². The van der Waals surface area contributed by atoms with Crippen molar-refractivity contribution in [3.05, 3.63) is 15.8 Å². The van der Waals surface area contributed by atoms with Gasteiger partial charge in [-0.1, -0.05) is 0 Å². The van der Waals surface area contributed by atoms with Gasteiger partial charge in [-0.3, -0.25) is 15.0 Å². The van der Waals surface area contributed by atoms with Crippen LogP contribution in [0.5, 0.6) is 0 Å². The second-order valence-electron chi connectivity index (χ2n) is 5.59. The third-order valence-electron chi connectivity index (χ3n) is 4.33. The number of anilines is 2. The predicted octanol–water partition coefficient (Wildman–Crippen LogP) is 1.02. The van der Waals surface area contributed by atoms with Crippen molar-refractivity contribution in [1.29, 1.82) is 0 Å². The van der Waals surface area contributed by atoms with Crippen LogP contribution in [0.3, 0.4) is 0 Å². The summed E-state index contributed by atoms with van der Waals surface area (Å²) >= 11 is 0. The van der Waals surface area contributed by atoms with Crippen LogP contribution in [-0.4, -0.2) is 59.1 Å². The summed E-state index contributed by atoms with van der Waals surface area (Å²) in [5, 5.41) is 14.3. The highest BCUT2D eigenvalue weighted by molar-refractivity contribution is 5.62. The van der Waals surface area contributed by atoms with Crippen molar-refractivity contribution in [3.63, 3.8) is 0 Å². The van der Waals surface area contributed by atoms with Crippen molar-refractivity contribution in [2.75, 3.05) is 43.4 Å². The Hall–Kier alpha value is -1.96. The standard InChI is InChI=1S/C13H20N6O2/c1-9-11(19(20)21)12(16-13(14-2)15-9)18-7-6-17-5-3-4-10(17)8-18/h10H,3-8H2,1-2H3,(H,14,15,16). The van der Waals surface area contributed by atoms with Gasteiger partial charge in [-0.05, 0) is 26.3 Å². The second kappa shape index (κ2) is 5.44. The largest absolute Gasteiger partial charge is 0.357 e. The van der Waals surface area contributed by atoms with Crippen LogP contribution in [0.25, 0.3) is 0 Å². The fourth-order valence-corrected chi connectivity index (χ4v) is 3.28. The van der Waals surface area contributed by atoms with Gasteiger partial charge < -0.3 is 10.2 Å². The van der Waals surface area contributed by atoms with E-state index in [2.05, 4.69) is 20.2 Å². The maximum absolute atomic E-state index is 11.4. The van der Waals surface area contributed by atoms with Gasteiger partial charge in [-0.2, -0.15) is 4.98 Å². The van der Waals surface area contributed by atoms with Gasteiger partial charge in [0.15, 0.2) is 0 Å². The van der Waals surface area contributed by atoms with E-state index in [4.69, 9.17) is 0 Å². The van der Waals surface area contributed by atoms with Crippen LogP contribution >= 0.6 is 0 Å². The third kappa shape index (κ3) is 2.51. The molecular formula is C13H20N6O2. The molecule has 21 heavy (non-hydrogen) atoms. The molecule has 3 heterocycles. The van der Waals surface area contributed by atoms with E-state index in [1.165, 1.54) is 6.42 Å². The van der Waals surface area contributed by atoms with Gasteiger partial charge in [0.25, 0.3) is 0 Å². The van der Waals surface area contributed by atoms with Crippen LogP contribution in [0, 0.1) is 17.0 Å². The van der Waals surface area contributed by atoms with E-state index in [0.717, 1.165) is 32.6 Å². The zero-order valence-corrected chi connectivity index (χ0v) is 12.4. The lowest BCUT2D eigenvalue weighted by atomic mass is 10.1. The highest BCUT2D eigenvalue weighted by Crippen LogP contribution is 2.32. The SMILES string of the molecule is CNc1nc(C)c([N+](=O)[O-])c(N2CCN3CCCC3C2)n1. The van der Waals surface area contributed by atoms with Crippen molar-refractivity contribution in [2.45, 2.75) is 25.8 Å². The fraction of sp³-hybridized carbons (Fsp3) is 0.692. The van der Waals surface area contributed by atoms with Crippen LogP contribution in [-0.2, 0) is 0 Å². The summed E-state index contributed by atoms with van der Waals surface area (Å²) in [6.45, 7) is 5.33. The summed E-state index contributed by atoms with van der Waals surface area (Å²) in [6, 6.07) is 0.492. The Morgan fingerprint density at radius 2 is 2.14 bits per heavy atom. The predicted molar refractivity (Wildman–Crippen MR) is 79.8 cm³/mol. The molecule has 1 aromatic heterocycles. The van der Waals surface area contributed by atoms with Crippen LogP contribution in [0.4, 0.5) is 17.5 Å². The number of aromatic nitrogens is 2. The Morgan fingerprint density at radius 3 is 2.86 bits per heavy atom. The summed E-state index contributed by atoms with van der Waals surface area (Å²) in [4.78, 5) is 24.0. The Morgan fingerprint density at radius 1 is 1.33 bits per heavy atom. The lowest BCUT2D eigenvalue weighted by Gasteiger charge is -2.37. The van der Waals surface area contributed by atoms with Gasteiger partial charge in [0, 0.05) is 32.7 Å². The number of aryl methyl sites for hydroxylation is 1. The number of nitro groups is 1. The van der Waals surface area contributed by atoms with E-state index < -0.39 is 0 Å². The summed E-state index contributed by atoms with van der Waals surface area (Å²) in [7, 11) is 1.72. The molecule has 1 aromatic rings. The highest BCUT2D eigenvalue weighted by Gasteiger charge is 2.34. The van der Waals surface area contributed by atoms with Crippen LogP contribution in [0.2, 0.25) is 0 Å². The van der Waals surface area contributed by atoms with E-state index in [-0.39, 0.29) is 10.6 Å². The molecular weight excluding hydrogens is 272 g/mol. The first-order chi connectivity index (χ1) is 10.1. The molecule has 3 rings (SSSR count). The molecule has 0 amide bonds. The van der Waals surface area contributed by atoms with E-state index in [1.807, 2.05) is 4.90 Å². The van der Waals surface area contributed by atoms with Crippen LogP contribution < -0.4 is 10.2 Å². The summed E-state index contributed by atoms with van der Waals surface area (Å²) in [5.74, 6) is 0.880. The first-order valence-corrected chi connectivity index (χ1v) is 7.30. The molecule has 1 atom stereocenters. The first-order valence-electron chi connectivity index (χ1n) is 7.30. The minimum absolute atomic E-state index is 0.0282. The number of hydrogen-bond acceptors (Lipinski definition) is 7. The Balaban J connectivity index is 1.96. The molecule has 2 fully saturated rings. The smallest absolute Gasteiger partial charge is 0.332 e. The van der Waals surface area contributed by atoms with Crippen molar-refractivity contribution < 1.29 is 4.92 Å². The van der Waals surface area contributed by atoms with Crippen LogP contribution in [0.15, 0.2) is 0 Å². The van der Waals surface area contributed by atoms with Gasteiger partial charge in [-0.25, -0.2) is 4.98 Å². The molecule has 0 bridgehead atoms. The molecule has 0 spiro atoms. The summed E-state index contributed by atoms with van der Waals surface area (Å²) in [5.41, 5.74) is 0.434. The Kier molecular flexibility index (Phi) is 3.62. The molecule has 0 aliphatic carbocycles. The van der Waals surface area contributed by atoms with Gasteiger partial charge in [0.2, 0.25) is 11.8 Å². The van der Waals surface area contributed by atoms with Gasteiger partial charge in [0.05, 0.1) is 4.92 Å². The Bertz CT molecular complexity index is 564. The summed E-state index contributed by atoms with van der Waals surface area (Å²) in [6.07, 6.45) is 2.37. The number of nitrogens with one attached hydrogen (secondary N) is 1. The highest BCUT2D eigenvalue weighted by atomic mass is 16.6. The zero-order chi connectivity index (χ0) is 15.0. The molecule has 1 N–H and O–H groups in total. The first kappa shape index (κ1) is 14.0. The molecule has 0 radical (unpaired) electrons. The number of fused-ring (bicyclic) bond motifs is 1. The molecule has 2 saturated heterocycles. The topological polar surface area (TPSA) is 87.4 Å². The lowest BCUT2D eigenvalue weighted by Crippen LogP contribution is -2.50. The summed E-state index contributed by atoms with van der Waals surface area (Å²) < 4.78 is 0. The van der Waals surface area contributed by atoms with Crippen LogP contribution in [0.1, 0.15) is 18.5 Å². The minimum Gasteiger partial charge on any atom is -0.357 e. The van der Waals surface area contributed by atoms with Gasteiger partial charge >= 0.3 is 5.69 Å². The molecule has 8 nitrogen and oxygen atoms in total. The molecule has 0 saturated carbocycles. The Labute approximate surface area is 123 Å². The van der Waals surface area contributed by atoms with Gasteiger partial charge in [-0.15, -0.1) is 0 Å². The zero-order valence-electron chi connectivity index (χ0n) is 12.4.